The summed E-state index contributed by atoms with van der Waals surface area (Å²) in [5, 5.41) is 4.23. The predicted octanol–water partition coefficient (Wildman–Crippen LogP) is 5.87. The number of nitrogens with one attached hydrogen (secondary N) is 1. The Labute approximate surface area is 184 Å². The molecule has 0 radical (unpaired) electrons. The van der Waals surface area contributed by atoms with Gasteiger partial charge in [-0.15, -0.1) is 0 Å². The monoisotopic (exact) mass is 430 g/mol. The first-order chi connectivity index (χ1) is 14.3. The molecule has 6 heteroatoms. The van der Waals surface area contributed by atoms with Crippen molar-refractivity contribution in [2.75, 3.05) is 19.6 Å². The van der Waals surface area contributed by atoms with E-state index in [0.717, 1.165) is 49.5 Å². The first kappa shape index (κ1) is 22.4. The van der Waals surface area contributed by atoms with Crippen molar-refractivity contribution in [3.05, 3.63) is 59.1 Å². The zero-order valence-corrected chi connectivity index (χ0v) is 18.7. The highest BCUT2D eigenvalue weighted by molar-refractivity contribution is 6.30. The molecule has 0 aliphatic carbocycles. The van der Waals surface area contributed by atoms with Gasteiger partial charge in [-0.3, -0.25) is 0 Å². The molecule has 1 amide bonds. The van der Waals surface area contributed by atoms with Gasteiger partial charge in [-0.2, -0.15) is 0 Å². The molecular formula is C24H31ClN2O3. The maximum absolute atomic E-state index is 12.2. The van der Waals surface area contributed by atoms with Gasteiger partial charge < -0.3 is 19.7 Å². The van der Waals surface area contributed by atoms with E-state index in [-0.39, 0.29) is 6.09 Å². The number of likely N-dealkylation sites (tertiary alicyclic amines) is 1. The average Bonchev–Trinajstić information content (AvgIpc) is 2.70. The molecule has 1 saturated heterocycles. The van der Waals surface area contributed by atoms with Crippen LogP contribution in [-0.2, 0) is 11.3 Å². The van der Waals surface area contributed by atoms with Gasteiger partial charge in [0.05, 0.1) is 0 Å². The second-order valence-electron chi connectivity index (χ2n) is 8.71. The average molecular weight is 431 g/mol. The van der Waals surface area contributed by atoms with E-state index < -0.39 is 5.60 Å². The first-order valence-corrected chi connectivity index (χ1v) is 10.9. The Bertz CT molecular complexity index is 828. The van der Waals surface area contributed by atoms with Crippen LogP contribution in [0.4, 0.5) is 4.79 Å². The summed E-state index contributed by atoms with van der Waals surface area (Å²) in [5.41, 5.74) is 0.573. The SMILES string of the molecule is CC(C)(C)OC(=O)N1CCC(CNCc2cc(Cl)ccc2Oc2ccccc2)CC1. The molecule has 0 saturated carbocycles. The third-order valence-corrected chi connectivity index (χ3v) is 5.24. The molecule has 0 bridgehead atoms. The van der Waals surface area contributed by atoms with E-state index in [1.165, 1.54) is 0 Å². The minimum atomic E-state index is -0.452. The fourth-order valence-corrected chi connectivity index (χ4v) is 3.65. The van der Waals surface area contributed by atoms with Crippen LogP contribution in [0.3, 0.4) is 0 Å². The number of carbonyl (C=O) groups is 1. The van der Waals surface area contributed by atoms with E-state index in [2.05, 4.69) is 5.32 Å². The summed E-state index contributed by atoms with van der Waals surface area (Å²) in [4.78, 5) is 14.0. The third-order valence-electron chi connectivity index (χ3n) is 5.01. The number of hydrogen-bond donors (Lipinski definition) is 1. The number of amides is 1. The van der Waals surface area contributed by atoms with Crippen LogP contribution in [0, 0.1) is 5.92 Å². The molecule has 1 aliphatic rings. The van der Waals surface area contributed by atoms with Gasteiger partial charge in [0, 0.05) is 30.2 Å². The van der Waals surface area contributed by atoms with Crippen molar-refractivity contribution in [1.82, 2.24) is 10.2 Å². The zero-order chi connectivity index (χ0) is 21.6. The Hall–Kier alpha value is -2.24. The lowest BCUT2D eigenvalue weighted by Gasteiger charge is -2.33. The molecular weight excluding hydrogens is 400 g/mol. The number of halogens is 1. The van der Waals surface area contributed by atoms with Gasteiger partial charge in [0.2, 0.25) is 0 Å². The van der Waals surface area contributed by atoms with Gasteiger partial charge in [0.25, 0.3) is 0 Å². The van der Waals surface area contributed by atoms with Crippen molar-refractivity contribution < 1.29 is 14.3 Å². The van der Waals surface area contributed by atoms with Crippen LogP contribution in [0.2, 0.25) is 5.02 Å². The Kier molecular flexibility index (Phi) is 7.62. The fraction of sp³-hybridized carbons (Fsp3) is 0.458. The Morgan fingerprint density at radius 2 is 1.83 bits per heavy atom. The van der Waals surface area contributed by atoms with Crippen LogP contribution < -0.4 is 10.1 Å². The summed E-state index contributed by atoms with van der Waals surface area (Å²) in [6.07, 6.45) is 1.72. The number of piperidine rings is 1. The second kappa shape index (κ2) is 10.2. The number of para-hydroxylation sites is 1. The van der Waals surface area contributed by atoms with E-state index >= 15 is 0 Å². The van der Waals surface area contributed by atoms with Crippen molar-refractivity contribution in [3.8, 4) is 11.5 Å². The zero-order valence-electron chi connectivity index (χ0n) is 18.0. The molecule has 1 heterocycles. The topological polar surface area (TPSA) is 50.8 Å². The largest absolute Gasteiger partial charge is 0.457 e. The molecule has 5 nitrogen and oxygen atoms in total. The molecule has 30 heavy (non-hydrogen) atoms. The molecule has 0 unspecified atom stereocenters. The van der Waals surface area contributed by atoms with Crippen LogP contribution in [-0.4, -0.2) is 36.2 Å². The van der Waals surface area contributed by atoms with Gasteiger partial charge in [0.1, 0.15) is 17.1 Å². The molecule has 3 rings (SSSR count). The standard InChI is InChI=1S/C24H31ClN2O3/c1-24(2,3)30-23(28)27-13-11-18(12-14-27)16-26-17-19-15-20(25)9-10-22(19)29-21-7-5-4-6-8-21/h4-10,15,18,26H,11-14,16-17H2,1-3H3. The van der Waals surface area contributed by atoms with Crippen molar-refractivity contribution in [2.45, 2.75) is 45.8 Å². The number of rotatable bonds is 6. The Morgan fingerprint density at radius 3 is 2.50 bits per heavy atom. The van der Waals surface area contributed by atoms with Gasteiger partial charge in [-0.05, 0) is 76.4 Å². The number of nitrogens with zero attached hydrogens (tertiary/aromatic N) is 1. The molecule has 162 valence electrons. The number of hydrogen-bond acceptors (Lipinski definition) is 4. The summed E-state index contributed by atoms with van der Waals surface area (Å²) in [5.74, 6) is 2.13. The van der Waals surface area contributed by atoms with Crippen LogP contribution in [0.25, 0.3) is 0 Å². The van der Waals surface area contributed by atoms with Gasteiger partial charge in [-0.1, -0.05) is 29.8 Å². The molecule has 2 aromatic rings. The lowest BCUT2D eigenvalue weighted by molar-refractivity contribution is 0.0184. The minimum absolute atomic E-state index is 0.212. The maximum Gasteiger partial charge on any atom is 0.410 e. The highest BCUT2D eigenvalue weighted by atomic mass is 35.5. The summed E-state index contributed by atoms with van der Waals surface area (Å²) < 4.78 is 11.5. The van der Waals surface area contributed by atoms with E-state index in [0.29, 0.717) is 17.5 Å². The summed E-state index contributed by atoms with van der Waals surface area (Å²) in [6.45, 7) is 8.73. The van der Waals surface area contributed by atoms with Crippen LogP contribution in [0.15, 0.2) is 48.5 Å². The van der Waals surface area contributed by atoms with E-state index in [4.69, 9.17) is 21.1 Å². The summed E-state index contributed by atoms with van der Waals surface area (Å²) >= 11 is 6.21. The van der Waals surface area contributed by atoms with E-state index in [1.54, 1.807) is 0 Å². The normalized spacial score (nSPS) is 15.1. The van der Waals surface area contributed by atoms with Crippen molar-refractivity contribution in [1.29, 1.82) is 0 Å². The quantitative estimate of drug-likeness (QED) is 0.622. The third kappa shape index (κ3) is 6.92. The molecule has 1 aliphatic heterocycles. The molecule has 2 aromatic carbocycles. The highest BCUT2D eigenvalue weighted by Gasteiger charge is 2.26. The number of benzene rings is 2. The smallest absolute Gasteiger partial charge is 0.410 e. The first-order valence-electron chi connectivity index (χ1n) is 10.5. The fourth-order valence-electron chi connectivity index (χ4n) is 3.46. The van der Waals surface area contributed by atoms with Gasteiger partial charge in [0.15, 0.2) is 0 Å². The van der Waals surface area contributed by atoms with Crippen LogP contribution in [0.1, 0.15) is 39.2 Å². The highest BCUT2D eigenvalue weighted by Crippen LogP contribution is 2.28. The van der Waals surface area contributed by atoms with Crippen LogP contribution in [0.5, 0.6) is 11.5 Å². The summed E-state index contributed by atoms with van der Waals surface area (Å²) in [7, 11) is 0. The minimum Gasteiger partial charge on any atom is -0.457 e. The molecule has 0 spiro atoms. The number of carbonyl (C=O) groups excluding carboxylic acids is 1. The maximum atomic E-state index is 12.2. The van der Waals surface area contributed by atoms with Crippen LogP contribution >= 0.6 is 11.6 Å². The Morgan fingerprint density at radius 1 is 1.13 bits per heavy atom. The van der Waals surface area contributed by atoms with E-state index in [1.807, 2.05) is 74.2 Å². The van der Waals surface area contributed by atoms with E-state index in [9.17, 15) is 4.79 Å². The molecule has 1 N–H and O–H groups in total. The summed E-state index contributed by atoms with van der Waals surface area (Å²) in [6, 6.07) is 15.4. The van der Waals surface area contributed by atoms with Gasteiger partial charge >= 0.3 is 6.09 Å². The van der Waals surface area contributed by atoms with Crippen molar-refractivity contribution in [3.63, 3.8) is 0 Å². The Balaban J connectivity index is 1.48. The molecule has 0 aromatic heterocycles. The number of ether oxygens (including phenoxy) is 2. The molecule has 0 atom stereocenters. The van der Waals surface area contributed by atoms with Crippen molar-refractivity contribution >= 4 is 17.7 Å². The second-order valence-corrected chi connectivity index (χ2v) is 9.15. The lowest BCUT2D eigenvalue weighted by atomic mass is 9.97. The van der Waals surface area contributed by atoms with Crippen molar-refractivity contribution in [2.24, 2.45) is 5.92 Å². The molecule has 1 fully saturated rings. The lowest BCUT2D eigenvalue weighted by Crippen LogP contribution is -2.43. The van der Waals surface area contributed by atoms with Gasteiger partial charge in [-0.25, -0.2) is 4.79 Å². The predicted molar refractivity (Wildman–Crippen MR) is 120 cm³/mol.